The number of phenols is 1. The van der Waals surface area contributed by atoms with Crippen molar-refractivity contribution >= 4 is 35.6 Å². The van der Waals surface area contributed by atoms with Crippen molar-refractivity contribution in [1.82, 2.24) is 16.0 Å². The van der Waals surface area contributed by atoms with E-state index in [1.807, 2.05) is 5.32 Å². The van der Waals surface area contributed by atoms with Crippen LogP contribution in [0.25, 0.3) is 0 Å². The molecule has 0 heterocycles. The van der Waals surface area contributed by atoms with E-state index in [0.29, 0.717) is 5.56 Å². The van der Waals surface area contributed by atoms with Crippen molar-refractivity contribution in [2.24, 2.45) is 11.5 Å². The monoisotopic (exact) mass is 467 g/mol. The van der Waals surface area contributed by atoms with Crippen LogP contribution in [0.5, 0.6) is 5.75 Å². The Morgan fingerprint density at radius 3 is 1.85 bits per heavy atom. The SMILES string of the molecule is NCC(=O)NC(CC(N)=O)C(=O)NC(Cc1ccc(O)cc1)C(=O)NC(CC(=O)O)C(=O)O. The Morgan fingerprint density at radius 2 is 1.36 bits per heavy atom. The third-order valence-electron chi connectivity index (χ3n) is 4.24. The molecule has 14 nitrogen and oxygen atoms in total. The molecule has 1 aromatic rings. The number of hydrogen-bond acceptors (Lipinski definition) is 8. The topological polar surface area (TPSA) is 251 Å². The normalized spacial score (nSPS) is 13.1. The van der Waals surface area contributed by atoms with Gasteiger partial charge in [-0.2, -0.15) is 0 Å². The van der Waals surface area contributed by atoms with Gasteiger partial charge in [0.2, 0.25) is 23.6 Å². The summed E-state index contributed by atoms with van der Waals surface area (Å²) >= 11 is 0. The first-order valence-corrected chi connectivity index (χ1v) is 9.53. The lowest BCUT2D eigenvalue weighted by Gasteiger charge is -2.24. The first-order chi connectivity index (χ1) is 15.4. The van der Waals surface area contributed by atoms with Crippen LogP contribution in [0.1, 0.15) is 18.4 Å². The number of nitrogens with two attached hydrogens (primary N) is 2. The van der Waals surface area contributed by atoms with Crippen LogP contribution in [-0.4, -0.2) is 75.6 Å². The summed E-state index contributed by atoms with van der Waals surface area (Å²) < 4.78 is 0. The van der Waals surface area contributed by atoms with Crippen LogP contribution in [0.15, 0.2) is 24.3 Å². The molecule has 33 heavy (non-hydrogen) atoms. The van der Waals surface area contributed by atoms with Crippen molar-refractivity contribution in [3.05, 3.63) is 29.8 Å². The number of aromatic hydroxyl groups is 1. The molecule has 0 aliphatic carbocycles. The largest absolute Gasteiger partial charge is 0.508 e. The number of carboxylic acids is 2. The highest BCUT2D eigenvalue weighted by molar-refractivity contribution is 5.96. The molecule has 0 aliphatic heterocycles. The highest BCUT2D eigenvalue weighted by atomic mass is 16.4. The van der Waals surface area contributed by atoms with Gasteiger partial charge in [0.15, 0.2) is 0 Å². The fourth-order valence-electron chi connectivity index (χ4n) is 2.66. The highest BCUT2D eigenvalue weighted by Gasteiger charge is 2.31. The molecule has 10 N–H and O–H groups in total. The smallest absolute Gasteiger partial charge is 0.326 e. The van der Waals surface area contributed by atoms with E-state index in [-0.39, 0.29) is 12.2 Å². The lowest BCUT2D eigenvalue weighted by molar-refractivity contribution is -0.147. The standard InChI is InChI=1S/C19H25N5O9/c20-8-15(27)22-12(6-14(21)26)18(31)23-11(5-9-1-3-10(25)4-2-9)17(30)24-13(19(32)33)7-16(28)29/h1-4,11-13,25H,5-8,20H2,(H2,21,26)(H,22,27)(H,23,31)(H,24,30)(H,28,29)(H,32,33). The van der Waals surface area contributed by atoms with E-state index in [1.165, 1.54) is 24.3 Å². The number of nitrogens with one attached hydrogen (secondary N) is 3. The zero-order valence-electron chi connectivity index (χ0n) is 17.3. The third-order valence-corrected chi connectivity index (χ3v) is 4.24. The zero-order valence-corrected chi connectivity index (χ0v) is 17.3. The van der Waals surface area contributed by atoms with E-state index in [1.54, 1.807) is 0 Å². The minimum atomic E-state index is -1.78. The quantitative estimate of drug-likeness (QED) is 0.144. The van der Waals surface area contributed by atoms with Gasteiger partial charge in [-0.3, -0.25) is 24.0 Å². The molecule has 4 amide bonds. The summed E-state index contributed by atoms with van der Waals surface area (Å²) in [5, 5.41) is 33.9. The first kappa shape index (κ1) is 26.8. The van der Waals surface area contributed by atoms with Gasteiger partial charge in [0.05, 0.1) is 19.4 Å². The first-order valence-electron chi connectivity index (χ1n) is 9.53. The maximum atomic E-state index is 12.7. The molecule has 0 fully saturated rings. The molecular formula is C19H25N5O9. The number of aliphatic carboxylic acids is 2. The van der Waals surface area contributed by atoms with E-state index in [2.05, 4.69) is 10.6 Å². The predicted octanol–water partition coefficient (Wildman–Crippen LogP) is -3.22. The van der Waals surface area contributed by atoms with Crippen LogP contribution in [0.4, 0.5) is 0 Å². The summed E-state index contributed by atoms with van der Waals surface area (Å²) in [6.07, 6.45) is -1.73. The molecule has 0 saturated heterocycles. The fraction of sp³-hybridized carbons (Fsp3) is 0.368. The minimum absolute atomic E-state index is 0.0674. The van der Waals surface area contributed by atoms with Gasteiger partial charge in [0.1, 0.15) is 23.9 Å². The molecule has 0 bridgehead atoms. The lowest BCUT2D eigenvalue weighted by Crippen LogP contribution is -2.57. The Kier molecular flexibility index (Phi) is 10.3. The van der Waals surface area contributed by atoms with Crippen LogP contribution < -0.4 is 27.4 Å². The zero-order chi connectivity index (χ0) is 25.1. The molecule has 0 spiro atoms. The lowest BCUT2D eigenvalue weighted by atomic mass is 10.0. The summed E-state index contributed by atoms with van der Waals surface area (Å²) in [6.45, 7) is -0.491. The van der Waals surface area contributed by atoms with Crippen LogP contribution in [0, 0.1) is 0 Å². The van der Waals surface area contributed by atoms with Gasteiger partial charge in [-0.05, 0) is 17.7 Å². The second-order valence-electron chi connectivity index (χ2n) is 6.92. The van der Waals surface area contributed by atoms with Gasteiger partial charge in [-0.1, -0.05) is 12.1 Å². The van der Waals surface area contributed by atoms with Crippen LogP contribution in [0.2, 0.25) is 0 Å². The van der Waals surface area contributed by atoms with Gasteiger partial charge < -0.3 is 42.7 Å². The number of phenolic OH excluding ortho intramolecular Hbond substituents is 1. The number of carbonyl (C=O) groups excluding carboxylic acids is 4. The number of hydrogen-bond donors (Lipinski definition) is 8. The predicted molar refractivity (Wildman–Crippen MR) is 110 cm³/mol. The van der Waals surface area contributed by atoms with Crippen molar-refractivity contribution in [1.29, 1.82) is 0 Å². The maximum absolute atomic E-state index is 12.7. The Labute approximate surface area is 187 Å². The van der Waals surface area contributed by atoms with Gasteiger partial charge in [0.25, 0.3) is 0 Å². The number of rotatable bonds is 13. The molecule has 180 valence electrons. The Morgan fingerprint density at radius 1 is 0.818 bits per heavy atom. The van der Waals surface area contributed by atoms with Crippen LogP contribution in [0.3, 0.4) is 0 Å². The number of benzene rings is 1. The summed E-state index contributed by atoms with van der Waals surface area (Å²) in [5.41, 5.74) is 10.7. The minimum Gasteiger partial charge on any atom is -0.508 e. The van der Waals surface area contributed by atoms with Crippen molar-refractivity contribution < 1.29 is 44.1 Å². The van der Waals surface area contributed by atoms with Gasteiger partial charge in [-0.15, -0.1) is 0 Å². The summed E-state index contributed by atoms with van der Waals surface area (Å²) in [4.78, 5) is 70.5. The van der Waals surface area contributed by atoms with E-state index in [0.717, 1.165) is 0 Å². The number of amides is 4. The Hall–Kier alpha value is -4.20. The molecule has 0 aromatic heterocycles. The molecular weight excluding hydrogens is 442 g/mol. The Bertz CT molecular complexity index is 903. The molecule has 0 radical (unpaired) electrons. The van der Waals surface area contributed by atoms with Gasteiger partial charge >= 0.3 is 11.9 Å². The highest BCUT2D eigenvalue weighted by Crippen LogP contribution is 2.12. The van der Waals surface area contributed by atoms with Crippen molar-refractivity contribution in [2.75, 3.05) is 6.54 Å². The molecule has 14 heteroatoms. The Balaban J connectivity index is 3.14. The number of carbonyl (C=O) groups is 6. The summed E-state index contributed by atoms with van der Waals surface area (Å²) in [6, 6.07) is 0.802. The van der Waals surface area contributed by atoms with Crippen molar-refractivity contribution in [3.8, 4) is 5.75 Å². The summed E-state index contributed by atoms with van der Waals surface area (Å²) in [5.74, 6) is -6.88. The van der Waals surface area contributed by atoms with Crippen LogP contribution >= 0.6 is 0 Å². The molecule has 3 unspecified atom stereocenters. The second-order valence-corrected chi connectivity index (χ2v) is 6.92. The molecule has 0 saturated carbocycles. The molecule has 3 atom stereocenters. The fourth-order valence-corrected chi connectivity index (χ4v) is 2.66. The van der Waals surface area contributed by atoms with Crippen molar-refractivity contribution in [2.45, 2.75) is 37.4 Å². The average molecular weight is 467 g/mol. The van der Waals surface area contributed by atoms with E-state index < -0.39 is 73.1 Å². The third kappa shape index (κ3) is 9.65. The number of carboxylic acid groups (broad SMARTS) is 2. The van der Waals surface area contributed by atoms with E-state index in [9.17, 15) is 33.9 Å². The molecule has 0 aliphatic rings. The summed E-state index contributed by atoms with van der Waals surface area (Å²) in [7, 11) is 0. The number of primary amides is 1. The van der Waals surface area contributed by atoms with Crippen molar-refractivity contribution in [3.63, 3.8) is 0 Å². The molecule has 1 rings (SSSR count). The van der Waals surface area contributed by atoms with E-state index >= 15 is 0 Å². The van der Waals surface area contributed by atoms with E-state index in [4.69, 9.17) is 21.7 Å². The van der Waals surface area contributed by atoms with Gasteiger partial charge in [0, 0.05) is 6.42 Å². The molecule has 1 aromatic carbocycles. The average Bonchev–Trinajstić information content (AvgIpc) is 2.72. The second kappa shape index (κ2) is 12.6. The van der Waals surface area contributed by atoms with Crippen LogP contribution in [-0.2, 0) is 35.2 Å². The maximum Gasteiger partial charge on any atom is 0.326 e. The van der Waals surface area contributed by atoms with Gasteiger partial charge in [-0.25, -0.2) is 4.79 Å².